The number of anilines is 2. The molecule has 2 aromatic rings. The van der Waals surface area contributed by atoms with Gasteiger partial charge in [0.25, 0.3) is 0 Å². The van der Waals surface area contributed by atoms with E-state index in [1.165, 1.54) is 0 Å². The first kappa shape index (κ1) is 16.2. The quantitative estimate of drug-likeness (QED) is 0.627. The van der Waals surface area contributed by atoms with E-state index in [1.807, 2.05) is 12.1 Å². The normalized spacial score (nSPS) is 11.2. The van der Waals surface area contributed by atoms with E-state index < -0.39 is 8.07 Å². The number of hydrogen-bond acceptors (Lipinski definition) is 5. The Bertz CT molecular complexity index is 642. The van der Waals surface area contributed by atoms with Crippen LogP contribution in [0.4, 0.5) is 11.5 Å². The monoisotopic (exact) mass is 315 g/mol. The van der Waals surface area contributed by atoms with E-state index in [9.17, 15) is 5.26 Å². The van der Waals surface area contributed by atoms with Gasteiger partial charge >= 0.3 is 0 Å². The van der Waals surface area contributed by atoms with Crippen LogP contribution in [0, 0.1) is 11.3 Å². The van der Waals surface area contributed by atoms with Crippen LogP contribution in [-0.4, -0.2) is 29.4 Å². The molecule has 0 aromatic carbocycles. The molecule has 0 aliphatic heterocycles. The lowest BCUT2D eigenvalue weighted by Crippen LogP contribution is -2.22. The van der Waals surface area contributed by atoms with Gasteiger partial charge in [0.1, 0.15) is 18.4 Å². The van der Waals surface area contributed by atoms with Gasteiger partial charge in [0.2, 0.25) is 0 Å². The second-order valence-corrected chi connectivity index (χ2v) is 11.9. The molecule has 0 amide bonds. The van der Waals surface area contributed by atoms with Gasteiger partial charge in [-0.2, -0.15) is 10.4 Å². The predicted octanol–water partition coefficient (Wildman–Crippen LogP) is 3.21. The zero-order chi connectivity index (χ0) is 16.0. The van der Waals surface area contributed by atoms with Crippen LogP contribution >= 0.6 is 0 Å². The standard InChI is InChI=1S/C15H21N5OSi/c1-22(2,3)9-8-21-12-20-11-13(10-16)15(19-20)18-14-4-6-17-7-5-14/h4-7,11H,8-9,12H2,1-3H3,(H,17,18,19). The molecule has 22 heavy (non-hydrogen) atoms. The van der Waals surface area contributed by atoms with Gasteiger partial charge < -0.3 is 10.1 Å². The number of nitrogens with one attached hydrogen (secondary N) is 1. The van der Waals surface area contributed by atoms with Gasteiger partial charge in [-0.15, -0.1) is 0 Å². The minimum Gasteiger partial charge on any atom is -0.360 e. The van der Waals surface area contributed by atoms with Crippen LogP contribution in [0.1, 0.15) is 5.56 Å². The molecule has 0 fully saturated rings. The summed E-state index contributed by atoms with van der Waals surface area (Å²) in [7, 11) is -1.08. The highest BCUT2D eigenvalue weighted by atomic mass is 28.3. The molecule has 0 unspecified atom stereocenters. The topological polar surface area (TPSA) is 75.8 Å². The zero-order valence-electron chi connectivity index (χ0n) is 13.2. The molecule has 0 bridgehead atoms. The van der Waals surface area contributed by atoms with Gasteiger partial charge in [-0.25, -0.2) is 4.68 Å². The second-order valence-electron chi connectivity index (χ2n) is 6.25. The number of aromatic nitrogens is 3. The van der Waals surface area contributed by atoms with Crippen LogP contribution in [0.3, 0.4) is 0 Å². The Hall–Kier alpha value is -2.17. The number of rotatable bonds is 7. The van der Waals surface area contributed by atoms with E-state index in [1.54, 1.807) is 23.3 Å². The molecule has 1 N–H and O–H groups in total. The molecule has 116 valence electrons. The van der Waals surface area contributed by atoms with Crippen molar-refractivity contribution >= 4 is 19.6 Å². The fourth-order valence-electron chi connectivity index (χ4n) is 1.77. The molecule has 0 aliphatic carbocycles. The fourth-order valence-corrected chi connectivity index (χ4v) is 2.53. The molecule has 0 atom stereocenters. The largest absolute Gasteiger partial charge is 0.360 e. The maximum atomic E-state index is 9.20. The van der Waals surface area contributed by atoms with Crippen LogP contribution in [-0.2, 0) is 11.5 Å². The number of nitrogens with zero attached hydrogens (tertiary/aromatic N) is 4. The average molecular weight is 315 g/mol. The summed E-state index contributed by atoms with van der Waals surface area (Å²) in [6.07, 6.45) is 5.06. The van der Waals surface area contributed by atoms with Crippen molar-refractivity contribution < 1.29 is 4.74 Å². The minimum absolute atomic E-state index is 0.358. The lowest BCUT2D eigenvalue weighted by molar-refractivity contribution is 0.0787. The Morgan fingerprint density at radius 3 is 2.68 bits per heavy atom. The zero-order valence-corrected chi connectivity index (χ0v) is 14.2. The van der Waals surface area contributed by atoms with Crippen molar-refractivity contribution in [3.63, 3.8) is 0 Å². The van der Waals surface area contributed by atoms with Gasteiger partial charge in [0.15, 0.2) is 5.82 Å². The molecular formula is C15H21N5OSi. The smallest absolute Gasteiger partial charge is 0.170 e. The third kappa shape index (κ3) is 4.98. The Morgan fingerprint density at radius 2 is 2.05 bits per heavy atom. The van der Waals surface area contributed by atoms with E-state index in [0.717, 1.165) is 18.3 Å². The lowest BCUT2D eigenvalue weighted by atomic mass is 10.3. The number of hydrogen-bond donors (Lipinski definition) is 1. The van der Waals surface area contributed by atoms with Crippen LogP contribution in [0.2, 0.25) is 25.7 Å². The molecule has 7 heteroatoms. The van der Waals surface area contributed by atoms with Crippen molar-refractivity contribution in [2.24, 2.45) is 0 Å². The van der Waals surface area contributed by atoms with E-state index >= 15 is 0 Å². The molecular weight excluding hydrogens is 294 g/mol. The molecule has 6 nitrogen and oxygen atoms in total. The van der Waals surface area contributed by atoms with Gasteiger partial charge in [-0.3, -0.25) is 4.98 Å². The van der Waals surface area contributed by atoms with Crippen molar-refractivity contribution in [3.8, 4) is 6.07 Å². The van der Waals surface area contributed by atoms with Gasteiger partial charge in [0.05, 0.1) is 0 Å². The van der Waals surface area contributed by atoms with Gasteiger partial charge in [0, 0.05) is 39.0 Å². The minimum atomic E-state index is -1.08. The first-order valence-electron chi connectivity index (χ1n) is 7.20. The first-order chi connectivity index (χ1) is 10.5. The van der Waals surface area contributed by atoms with E-state index in [2.05, 4.69) is 41.1 Å². The Morgan fingerprint density at radius 1 is 1.32 bits per heavy atom. The Kier molecular flexibility index (Phi) is 5.30. The average Bonchev–Trinajstić information content (AvgIpc) is 2.86. The molecule has 0 aliphatic rings. The summed E-state index contributed by atoms with van der Waals surface area (Å²) in [5.74, 6) is 0.530. The summed E-state index contributed by atoms with van der Waals surface area (Å²) in [5.41, 5.74) is 1.34. The Labute approximate surface area is 131 Å². The first-order valence-corrected chi connectivity index (χ1v) is 10.9. The highest BCUT2D eigenvalue weighted by Crippen LogP contribution is 2.18. The number of ether oxygens (including phenoxy) is 1. The lowest BCUT2D eigenvalue weighted by Gasteiger charge is -2.15. The fraction of sp³-hybridized carbons (Fsp3) is 0.400. The maximum Gasteiger partial charge on any atom is 0.170 e. The van der Waals surface area contributed by atoms with E-state index in [4.69, 9.17) is 4.74 Å². The maximum absolute atomic E-state index is 9.20. The predicted molar refractivity (Wildman–Crippen MR) is 88.6 cm³/mol. The van der Waals surface area contributed by atoms with Gasteiger partial charge in [-0.05, 0) is 18.2 Å². The molecule has 0 spiro atoms. The van der Waals surface area contributed by atoms with Crippen LogP contribution in [0.5, 0.6) is 0 Å². The highest BCUT2D eigenvalue weighted by Gasteiger charge is 2.13. The number of nitriles is 1. The summed E-state index contributed by atoms with van der Waals surface area (Å²) in [6.45, 7) is 8.03. The van der Waals surface area contributed by atoms with Crippen LogP contribution < -0.4 is 5.32 Å². The van der Waals surface area contributed by atoms with Crippen molar-refractivity contribution in [1.29, 1.82) is 5.26 Å². The summed E-state index contributed by atoms with van der Waals surface area (Å²) in [5, 5.41) is 16.7. The number of pyridine rings is 1. The van der Waals surface area contributed by atoms with Crippen molar-refractivity contribution in [1.82, 2.24) is 14.8 Å². The SMILES string of the molecule is C[Si](C)(C)CCOCn1cc(C#N)c(Nc2ccncc2)n1. The van der Waals surface area contributed by atoms with Crippen LogP contribution in [0.15, 0.2) is 30.7 Å². The molecule has 2 rings (SSSR count). The summed E-state index contributed by atoms with van der Waals surface area (Å²) >= 11 is 0. The summed E-state index contributed by atoms with van der Waals surface area (Å²) in [6, 6.07) is 6.90. The molecule has 0 saturated carbocycles. The molecule has 0 saturated heterocycles. The molecule has 0 radical (unpaired) electrons. The third-order valence-corrected chi connectivity index (χ3v) is 4.75. The molecule has 2 heterocycles. The van der Waals surface area contributed by atoms with Gasteiger partial charge in [-0.1, -0.05) is 19.6 Å². The van der Waals surface area contributed by atoms with Crippen molar-refractivity contribution in [2.45, 2.75) is 32.4 Å². The van der Waals surface area contributed by atoms with Crippen molar-refractivity contribution in [3.05, 3.63) is 36.3 Å². The summed E-state index contributed by atoms with van der Waals surface area (Å²) in [4.78, 5) is 3.96. The third-order valence-electron chi connectivity index (χ3n) is 3.05. The summed E-state index contributed by atoms with van der Waals surface area (Å²) < 4.78 is 7.29. The molecule has 2 aromatic heterocycles. The second kappa shape index (κ2) is 7.20. The van der Waals surface area contributed by atoms with E-state index in [-0.39, 0.29) is 0 Å². The Balaban J connectivity index is 1.95. The highest BCUT2D eigenvalue weighted by molar-refractivity contribution is 6.76. The van der Waals surface area contributed by atoms with E-state index in [0.29, 0.717) is 18.1 Å². The van der Waals surface area contributed by atoms with Crippen LogP contribution in [0.25, 0.3) is 0 Å². The van der Waals surface area contributed by atoms with Crippen molar-refractivity contribution in [2.75, 3.05) is 11.9 Å².